The van der Waals surface area contributed by atoms with Gasteiger partial charge in [-0.1, -0.05) is 0 Å². The van der Waals surface area contributed by atoms with Gasteiger partial charge in [0.1, 0.15) is 6.54 Å². The number of hydrogen-bond acceptors (Lipinski definition) is 5. The van der Waals surface area contributed by atoms with Crippen LogP contribution in [0.3, 0.4) is 0 Å². The third kappa shape index (κ3) is 5.83. The average molecular weight is 384 g/mol. The highest BCUT2D eigenvalue weighted by molar-refractivity contribution is 5.96. The summed E-state index contributed by atoms with van der Waals surface area (Å²) in [5.41, 5.74) is -0.349. The number of ether oxygens (including phenoxy) is 1. The number of amides is 2. The lowest BCUT2D eigenvalue weighted by molar-refractivity contribution is -0.148. The maximum atomic E-state index is 12.4. The molecule has 2 aromatic rings. The number of alkyl halides is 3. The number of carbonyl (C=O) groups excluding carboxylic acids is 3. The molecule has 144 valence electrons. The lowest BCUT2D eigenvalue weighted by Gasteiger charge is -2.07. The number of carbonyl (C=O) groups is 3. The van der Waals surface area contributed by atoms with Crippen LogP contribution in [-0.4, -0.2) is 41.2 Å². The summed E-state index contributed by atoms with van der Waals surface area (Å²) in [6.45, 7) is -1.19. The molecule has 1 heterocycles. The van der Waals surface area contributed by atoms with E-state index < -0.39 is 36.9 Å². The largest absolute Gasteiger partial charge is 0.454 e. The molecule has 1 aromatic heterocycles. The Bertz CT molecular complexity index is 831. The van der Waals surface area contributed by atoms with Gasteiger partial charge in [-0.15, -0.1) is 0 Å². The molecule has 0 aliphatic rings. The topological polar surface area (TPSA) is 102 Å². The molecule has 11 heteroatoms. The molecule has 0 spiro atoms. The molecule has 0 aliphatic heterocycles. The first kappa shape index (κ1) is 19.9. The Labute approximate surface area is 151 Å². The fourth-order valence-electron chi connectivity index (χ4n) is 1.97. The van der Waals surface area contributed by atoms with Crippen molar-refractivity contribution in [3.63, 3.8) is 0 Å². The summed E-state index contributed by atoms with van der Waals surface area (Å²) < 4.78 is 42.7. The third-order valence-electron chi connectivity index (χ3n) is 3.24. The van der Waals surface area contributed by atoms with Crippen LogP contribution in [0.5, 0.6) is 0 Å². The standard InChI is InChI=1S/C16H15F3N4O4/c1-20-15(26)10-2-4-11(5-3-10)21-13(24)9-27-14(25)8-23-7-6-12(22-23)16(17,18)19/h2-7H,8-9H2,1H3,(H,20,26)(H,21,24). The minimum Gasteiger partial charge on any atom is -0.454 e. The number of hydrogen-bond donors (Lipinski definition) is 2. The highest BCUT2D eigenvalue weighted by Crippen LogP contribution is 2.27. The first-order chi connectivity index (χ1) is 12.7. The Kier molecular flexibility index (Phi) is 6.16. The number of anilines is 1. The van der Waals surface area contributed by atoms with Gasteiger partial charge in [0.05, 0.1) is 0 Å². The van der Waals surface area contributed by atoms with Crippen LogP contribution in [0.15, 0.2) is 36.5 Å². The van der Waals surface area contributed by atoms with Crippen molar-refractivity contribution in [2.45, 2.75) is 12.7 Å². The van der Waals surface area contributed by atoms with Gasteiger partial charge < -0.3 is 15.4 Å². The molecule has 2 rings (SSSR count). The average Bonchev–Trinajstić information content (AvgIpc) is 3.09. The zero-order chi connectivity index (χ0) is 20.0. The van der Waals surface area contributed by atoms with E-state index in [2.05, 4.69) is 15.7 Å². The Morgan fingerprint density at radius 2 is 1.81 bits per heavy atom. The van der Waals surface area contributed by atoms with E-state index >= 15 is 0 Å². The summed E-state index contributed by atoms with van der Waals surface area (Å²) in [7, 11) is 1.49. The number of nitrogens with zero attached hydrogens (tertiary/aromatic N) is 2. The first-order valence-corrected chi connectivity index (χ1v) is 7.57. The summed E-state index contributed by atoms with van der Waals surface area (Å²) >= 11 is 0. The van der Waals surface area contributed by atoms with Gasteiger partial charge in [-0.25, -0.2) is 0 Å². The molecule has 0 atom stereocenters. The van der Waals surface area contributed by atoms with Gasteiger partial charge in [0.15, 0.2) is 12.3 Å². The van der Waals surface area contributed by atoms with E-state index in [-0.39, 0.29) is 5.91 Å². The van der Waals surface area contributed by atoms with Gasteiger partial charge >= 0.3 is 12.1 Å². The van der Waals surface area contributed by atoms with Gasteiger partial charge in [-0.05, 0) is 30.3 Å². The summed E-state index contributed by atoms with van der Waals surface area (Å²) in [4.78, 5) is 34.7. The SMILES string of the molecule is CNC(=O)c1ccc(NC(=O)COC(=O)Cn2ccc(C(F)(F)F)n2)cc1. The van der Waals surface area contributed by atoms with E-state index in [0.717, 1.165) is 16.9 Å². The quantitative estimate of drug-likeness (QED) is 0.734. The zero-order valence-corrected chi connectivity index (χ0v) is 14.0. The van der Waals surface area contributed by atoms with Crippen LogP contribution < -0.4 is 10.6 Å². The molecule has 0 fully saturated rings. The minimum absolute atomic E-state index is 0.283. The molecule has 0 saturated heterocycles. The van der Waals surface area contributed by atoms with Crippen LogP contribution in [0, 0.1) is 0 Å². The van der Waals surface area contributed by atoms with E-state index in [0.29, 0.717) is 11.3 Å². The minimum atomic E-state index is -4.61. The molecule has 1 aromatic carbocycles. The zero-order valence-electron chi connectivity index (χ0n) is 14.0. The molecule has 2 amide bonds. The second kappa shape index (κ2) is 8.34. The maximum absolute atomic E-state index is 12.4. The Balaban J connectivity index is 1.80. The van der Waals surface area contributed by atoms with E-state index in [1.807, 2.05) is 0 Å². The molecular weight excluding hydrogens is 369 g/mol. The molecule has 8 nitrogen and oxygen atoms in total. The fourth-order valence-corrected chi connectivity index (χ4v) is 1.97. The van der Waals surface area contributed by atoms with Gasteiger partial charge in [0, 0.05) is 24.5 Å². The first-order valence-electron chi connectivity index (χ1n) is 7.57. The van der Waals surface area contributed by atoms with Crippen LogP contribution in [0.2, 0.25) is 0 Å². The van der Waals surface area contributed by atoms with Crippen LogP contribution in [0.25, 0.3) is 0 Å². The van der Waals surface area contributed by atoms with E-state index in [1.54, 1.807) is 0 Å². The maximum Gasteiger partial charge on any atom is 0.435 e. The molecule has 27 heavy (non-hydrogen) atoms. The third-order valence-corrected chi connectivity index (χ3v) is 3.24. The summed E-state index contributed by atoms with van der Waals surface area (Å²) in [5, 5.41) is 8.10. The predicted octanol–water partition coefficient (Wildman–Crippen LogP) is 1.44. The lowest BCUT2D eigenvalue weighted by atomic mass is 10.2. The number of halogens is 3. The molecule has 0 bridgehead atoms. The monoisotopic (exact) mass is 384 g/mol. The van der Waals surface area contributed by atoms with Gasteiger partial charge in [0.2, 0.25) is 0 Å². The Hall–Kier alpha value is -3.37. The van der Waals surface area contributed by atoms with Crippen molar-refractivity contribution in [2.75, 3.05) is 19.0 Å². The number of nitrogens with one attached hydrogen (secondary N) is 2. The fraction of sp³-hybridized carbons (Fsp3) is 0.250. The van der Waals surface area contributed by atoms with E-state index in [9.17, 15) is 27.6 Å². The number of aromatic nitrogens is 2. The summed E-state index contributed by atoms with van der Waals surface area (Å²) in [5.74, 6) is -1.85. The lowest BCUT2D eigenvalue weighted by Crippen LogP contribution is -2.23. The van der Waals surface area contributed by atoms with E-state index in [4.69, 9.17) is 4.74 Å². The molecule has 0 aliphatic carbocycles. The van der Waals surface area contributed by atoms with Crippen molar-refractivity contribution < 1.29 is 32.3 Å². The van der Waals surface area contributed by atoms with Crippen molar-refractivity contribution in [3.8, 4) is 0 Å². The van der Waals surface area contributed by atoms with E-state index in [1.165, 1.54) is 31.3 Å². The normalized spacial score (nSPS) is 11.0. The van der Waals surface area contributed by atoms with Crippen LogP contribution in [0.1, 0.15) is 16.1 Å². The van der Waals surface area contributed by atoms with Crippen molar-refractivity contribution in [1.29, 1.82) is 0 Å². The number of benzene rings is 1. The smallest absolute Gasteiger partial charge is 0.435 e. The van der Waals surface area contributed by atoms with Crippen LogP contribution >= 0.6 is 0 Å². The van der Waals surface area contributed by atoms with Gasteiger partial charge in [-0.3, -0.25) is 19.1 Å². The summed E-state index contributed by atoms with van der Waals surface area (Å²) in [6, 6.07) is 6.70. The second-order valence-corrected chi connectivity index (χ2v) is 5.26. The second-order valence-electron chi connectivity index (χ2n) is 5.26. The Morgan fingerprint density at radius 1 is 1.15 bits per heavy atom. The molecular formula is C16H15F3N4O4. The highest BCUT2D eigenvalue weighted by atomic mass is 19.4. The van der Waals surface area contributed by atoms with Gasteiger partial charge in [-0.2, -0.15) is 18.3 Å². The Morgan fingerprint density at radius 3 is 2.37 bits per heavy atom. The number of esters is 1. The molecule has 0 unspecified atom stereocenters. The summed E-state index contributed by atoms with van der Waals surface area (Å²) in [6.07, 6.45) is -3.62. The van der Waals surface area contributed by atoms with Crippen LogP contribution in [0.4, 0.5) is 18.9 Å². The van der Waals surface area contributed by atoms with Crippen molar-refractivity contribution in [1.82, 2.24) is 15.1 Å². The molecule has 2 N–H and O–H groups in total. The number of rotatable bonds is 6. The van der Waals surface area contributed by atoms with Crippen molar-refractivity contribution in [3.05, 3.63) is 47.8 Å². The van der Waals surface area contributed by atoms with Crippen molar-refractivity contribution in [2.24, 2.45) is 0 Å². The predicted molar refractivity (Wildman–Crippen MR) is 86.6 cm³/mol. The molecule has 0 radical (unpaired) electrons. The van der Waals surface area contributed by atoms with Gasteiger partial charge in [0.25, 0.3) is 11.8 Å². The van der Waals surface area contributed by atoms with Crippen molar-refractivity contribution >= 4 is 23.5 Å². The highest BCUT2D eigenvalue weighted by Gasteiger charge is 2.33. The molecule has 0 saturated carbocycles. The van der Waals surface area contributed by atoms with Crippen LogP contribution in [-0.2, 0) is 27.0 Å².